The Kier molecular flexibility index (Phi) is 8.30. The van der Waals surface area contributed by atoms with Gasteiger partial charge in [0.15, 0.2) is 0 Å². The number of aromatic nitrogens is 1. The lowest BCUT2D eigenvalue weighted by molar-refractivity contribution is -0.492. The summed E-state index contributed by atoms with van der Waals surface area (Å²) in [5.74, 6) is 0. The third-order valence-electron chi connectivity index (χ3n) is 4.03. The van der Waals surface area contributed by atoms with Crippen LogP contribution in [0.1, 0.15) is 40.5 Å². The summed E-state index contributed by atoms with van der Waals surface area (Å²) in [6, 6.07) is 9.81. The monoisotopic (exact) mass is 379 g/mol. The SMILES string of the molecule is Cc1nc([C@H](C)N[C@H](C=O)CCc2ccccc2)sc1CCON(O)O. The Morgan fingerprint density at radius 1 is 1.31 bits per heavy atom. The number of rotatable bonds is 11. The Hall–Kier alpha value is -1.68. The summed E-state index contributed by atoms with van der Waals surface area (Å²) in [5, 5.41) is 21.1. The first-order chi connectivity index (χ1) is 12.5. The number of carbonyl (C=O) groups is 1. The lowest BCUT2D eigenvalue weighted by atomic mass is 10.1. The Labute approximate surface area is 157 Å². The maximum absolute atomic E-state index is 11.4. The predicted molar refractivity (Wildman–Crippen MR) is 98.1 cm³/mol. The van der Waals surface area contributed by atoms with Gasteiger partial charge in [0.25, 0.3) is 0 Å². The van der Waals surface area contributed by atoms with Crippen LogP contribution in [0.15, 0.2) is 30.3 Å². The number of benzene rings is 1. The number of hydrogen-bond donors (Lipinski definition) is 3. The molecule has 1 aromatic carbocycles. The van der Waals surface area contributed by atoms with Crippen LogP contribution in [0.2, 0.25) is 0 Å². The van der Waals surface area contributed by atoms with Crippen molar-refractivity contribution in [2.75, 3.05) is 6.61 Å². The van der Waals surface area contributed by atoms with Gasteiger partial charge in [-0.1, -0.05) is 30.3 Å². The lowest BCUT2D eigenvalue weighted by Crippen LogP contribution is -2.33. The molecule has 0 unspecified atom stereocenters. The molecule has 0 aliphatic heterocycles. The first-order valence-corrected chi connectivity index (χ1v) is 9.33. The standard InChI is InChI=1S/C18H25N3O4S/c1-13-17(10-11-25-21(23)24)26-18(20-13)14(2)19-16(12-22)9-8-15-6-4-3-5-7-15/h3-7,12,14,16,19,23-24H,8-11H2,1-2H3/t14-,16-/m0/s1. The number of nitrogens with zero attached hydrogens (tertiary/aromatic N) is 2. The normalized spacial score (nSPS) is 13.7. The van der Waals surface area contributed by atoms with Crippen molar-refractivity contribution in [2.24, 2.45) is 0 Å². The number of thiazole rings is 1. The number of carbonyl (C=O) groups excluding carboxylic acids is 1. The van der Waals surface area contributed by atoms with Gasteiger partial charge in [-0.3, -0.25) is 20.6 Å². The van der Waals surface area contributed by atoms with Crippen LogP contribution in [-0.2, 0) is 22.5 Å². The van der Waals surface area contributed by atoms with E-state index in [9.17, 15) is 4.79 Å². The topological polar surface area (TPSA) is 94.9 Å². The molecule has 2 atom stereocenters. The molecule has 1 heterocycles. The van der Waals surface area contributed by atoms with Gasteiger partial charge in [0, 0.05) is 11.3 Å². The average Bonchev–Trinajstić information content (AvgIpc) is 3.00. The van der Waals surface area contributed by atoms with Gasteiger partial charge in [-0.05, 0) is 32.3 Å². The molecule has 2 rings (SSSR count). The number of aryl methyl sites for hydroxylation is 2. The summed E-state index contributed by atoms with van der Waals surface area (Å²) >= 11 is 1.53. The summed E-state index contributed by atoms with van der Waals surface area (Å²) < 4.78 is 0. The molecule has 0 aliphatic carbocycles. The lowest BCUT2D eigenvalue weighted by Gasteiger charge is -2.17. The van der Waals surface area contributed by atoms with Crippen molar-refractivity contribution >= 4 is 17.6 Å². The van der Waals surface area contributed by atoms with Crippen LogP contribution in [0.25, 0.3) is 0 Å². The third-order valence-corrected chi connectivity index (χ3v) is 5.43. The maximum Gasteiger partial charge on any atom is 0.136 e. The predicted octanol–water partition coefficient (Wildman–Crippen LogP) is 2.86. The van der Waals surface area contributed by atoms with Crippen LogP contribution in [0.4, 0.5) is 0 Å². The Balaban J connectivity index is 1.88. The van der Waals surface area contributed by atoms with E-state index < -0.39 is 0 Å². The van der Waals surface area contributed by atoms with Crippen molar-refractivity contribution < 1.29 is 20.0 Å². The highest BCUT2D eigenvalue weighted by atomic mass is 32.1. The molecule has 2 aromatic rings. The highest BCUT2D eigenvalue weighted by molar-refractivity contribution is 7.11. The third kappa shape index (κ3) is 6.56. The van der Waals surface area contributed by atoms with Gasteiger partial charge < -0.3 is 4.79 Å². The maximum atomic E-state index is 11.4. The zero-order valence-electron chi connectivity index (χ0n) is 15.0. The zero-order chi connectivity index (χ0) is 18.9. The Morgan fingerprint density at radius 2 is 2.04 bits per heavy atom. The molecule has 142 valence electrons. The van der Waals surface area contributed by atoms with Crippen molar-refractivity contribution in [1.29, 1.82) is 0 Å². The first-order valence-electron chi connectivity index (χ1n) is 8.52. The van der Waals surface area contributed by atoms with E-state index in [4.69, 9.17) is 10.4 Å². The first kappa shape index (κ1) is 20.6. The molecule has 26 heavy (non-hydrogen) atoms. The van der Waals surface area contributed by atoms with Crippen molar-refractivity contribution in [3.05, 3.63) is 51.5 Å². The van der Waals surface area contributed by atoms with Crippen LogP contribution >= 0.6 is 11.3 Å². The minimum Gasteiger partial charge on any atom is -0.302 e. The summed E-state index contributed by atoms with van der Waals surface area (Å²) in [5.41, 5.74) is 2.10. The van der Waals surface area contributed by atoms with Crippen molar-refractivity contribution in [3.63, 3.8) is 0 Å². The van der Waals surface area contributed by atoms with E-state index in [1.807, 2.05) is 32.0 Å². The van der Waals surface area contributed by atoms with E-state index >= 15 is 0 Å². The fourth-order valence-corrected chi connectivity index (χ4v) is 3.70. The molecule has 3 N–H and O–H groups in total. The number of nitrogens with one attached hydrogen (secondary N) is 1. The fraction of sp³-hybridized carbons (Fsp3) is 0.444. The van der Waals surface area contributed by atoms with E-state index in [2.05, 4.69) is 27.3 Å². The van der Waals surface area contributed by atoms with Crippen molar-refractivity contribution in [2.45, 2.75) is 45.2 Å². The van der Waals surface area contributed by atoms with Crippen LogP contribution in [0, 0.1) is 6.92 Å². The summed E-state index contributed by atoms with van der Waals surface area (Å²) in [6.45, 7) is 4.04. The molecular weight excluding hydrogens is 354 g/mol. The van der Waals surface area contributed by atoms with E-state index in [-0.39, 0.29) is 24.1 Å². The van der Waals surface area contributed by atoms with Crippen molar-refractivity contribution in [3.8, 4) is 0 Å². The minimum absolute atomic E-state index is 0.0495. The quantitative estimate of drug-likeness (QED) is 0.408. The van der Waals surface area contributed by atoms with Gasteiger partial charge in [-0.2, -0.15) is 0 Å². The highest BCUT2D eigenvalue weighted by Gasteiger charge is 2.17. The Morgan fingerprint density at radius 3 is 2.69 bits per heavy atom. The fourth-order valence-electron chi connectivity index (χ4n) is 2.64. The molecule has 0 fully saturated rings. The molecule has 0 amide bonds. The largest absolute Gasteiger partial charge is 0.302 e. The molecule has 0 radical (unpaired) electrons. The van der Waals surface area contributed by atoms with Gasteiger partial charge in [-0.15, -0.1) is 11.3 Å². The van der Waals surface area contributed by atoms with Gasteiger partial charge in [-0.25, -0.2) is 4.98 Å². The van der Waals surface area contributed by atoms with Gasteiger partial charge >= 0.3 is 0 Å². The van der Waals surface area contributed by atoms with E-state index in [0.717, 1.165) is 34.7 Å². The molecular formula is C18H25N3O4S. The zero-order valence-corrected chi connectivity index (χ0v) is 15.8. The molecule has 0 aliphatic rings. The highest BCUT2D eigenvalue weighted by Crippen LogP contribution is 2.24. The summed E-state index contributed by atoms with van der Waals surface area (Å²) in [4.78, 5) is 21.6. The molecule has 8 heteroatoms. The van der Waals surface area contributed by atoms with Crippen LogP contribution in [0.3, 0.4) is 0 Å². The van der Waals surface area contributed by atoms with Gasteiger partial charge in [0.1, 0.15) is 11.3 Å². The molecule has 1 aromatic heterocycles. The summed E-state index contributed by atoms with van der Waals surface area (Å²) in [7, 11) is 0. The molecule has 7 nitrogen and oxygen atoms in total. The second kappa shape index (κ2) is 10.5. The van der Waals surface area contributed by atoms with Crippen LogP contribution < -0.4 is 5.32 Å². The molecule has 0 saturated carbocycles. The van der Waals surface area contributed by atoms with Crippen LogP contribution in [0.5, 0.6) is 0 Å². The molecule has 0 spiro atoms. The van der Waals surface area contributed by atoms with Crippen molar-refractivity contribution in [1.82, 2.24) is 15.7 Å². The van der Waals surface area contributed by atoms with E-state index in [0.29, 0.717) is 6.42 Å². The number of hydrogen-bond acceptors (Lipinski definition) is 8. The molecule has 0 saturated heterocycles. The minimum atomic E-state index is -0.289. The average molecular weight is 379 g/mol. The second-order valence-corrected chi connectivity index (χ2v) is 7.17. The molecule has 0 bridgehead atoms. The summed E-state index contributed by atoms with van der Waals surface area (Å²) in [6.07, 6.45) is 3.04. The van der Waals surface area contributed by atoms with E-state index in [1.165, 1.54) is 16.9 Å². The van der Waals surface area contributed by atoms with E-state index in [1.54, 1.807) is 0 Å². The van der Waals surface area contributed by atoms with Crippen LogP contribution in [-0.4, -0.2) is 39.7 Å². The smallest absolute Gasteiger partial charge is 0.136 e. The second-order valence-electron chi connectivity index (χ2n) is 6.05. The van der Waals surface area contributed by atoms with Gasteiger partial charge in [0.2, 0.25) is 0 Å². The van der Waals surface area contributed by atoms with Gasteiger partial charge in [0.05, 0.1) is 29.8 Å². The number of aldehydes is 1. The Bertz CT molecular complexity index is 678.